The van der Waals surface area contributed by atoms with E-state index in [-0.39, 0.29) is 0 Å². The molecule has 0 radical (unpaired) electrons. The van der Waals surface area contributed by atoms with Crippen molar-refractivity contribution in [3.8, 4) is 0 Å². The van der Waals surface area contributed by atoms with Crippen molar-refractivity contribution in [2.75, 3.05) is 30.4 Å². The molecule has 1 unspecified atom stereocenters. The molecule has 6 heteroatoms. The zero-order chi connectivity index (χ0) is 11.8. The molecule has 2 rings (SSSR count). The number of anilines is 2. The van der Waals surface area contributed by atoms with E-state index in [0.29, 0.717) is 23.3 Å². The highest BCUT2D eigenvalue weighted by Crippen LogP contribution is 2.30. The third-order valence-electron chi connectivity index (χ3n) is 2.70. The highest BCUT2D eigenvalue weighted by Gasteiger charge is 2.33. The molecule has 1 aliphatic heterocycles. The lowest BCUT2D eigenvalue weighted by Crippen LogP contribution is -2.30. The number of aromatic nitrogens is 2. The first-order valence-electron chi connectivity index (χ1n) is 5.19. The van der Waals surface area contributed by atoms with Crippen LogP contribution in [0.5, 0.6) is 0 Å². The van der Waals surface area contributed by atoms with Crippen molar-refractivity contribution >= 4 is 23.4 Å². The van der Waals surface area contributed by atoms with Gasteiger partial charge < -0.3 is 15.3 Å². The van der Waals surface area contributed by atoms with Crippen LogP contribution < -0.4 is 10.2 Å². The molecule has 1 aliphatic rings. The van der Waals surface area contributed by atoms with Gasteiger partial charge in [0.1, 0.15) is 5.02 Å². The van der Waals surface area contributed by atoms with Gasteiger partial charge in [0.2, 0.25) is 5.95 Å². The number of rotatable bonds is 2. The first kappa shape index (κ1) is 11.4. The van der Waals surface area contributed by atoms with Gasteiger partial charge in [-0.1, -0.05) is 11.6 Å². The van der Waals surface area contributed by atoms with Crippen molar-refractivity contribution in [1.82, 2.24) is 9.97 Å². The predicted octanol–water partition coefficient (Wildman–Crippen LogP) is 1.13. The summed E-state index contributed by atoms with van der Waals surface area (Å²) in [4.78, 5) is 10.3. The Morgan fingerprint density at radius 2 is 2.38 bits per heavy atom. The average Bonchev–Trinajstić information content (AvgIpc) is 2.59. The van der Waals surface area contributed by atoms with Gasteiger partial charge in [-0.05, 0) is 13.3 Å². The molecule has 0 bridgehead atoms. The second-order valence-corrected chi connectivity index (χ2v) is 4.69. The summed E-state index contributed by atoms with van der Waals surface area (Å²) >= 11 is 6.05. The Morgan fingerprint density at radius 3 is 2.94 bits per heavy atom. The fourth-order valence-corrected chi connectivity index (χ4v) is 2.04. The smallest absolute Gasteiger partial charge is 0.224 e. The highest BCUT2D eigenvalue weighted by atomic mass is 35.5. The molecule has 0 saturated carbocycles. The summed E-state index contributed by atoms with van der Waals surface area (Å²) in [6.07, 6.45) is 2.30. The maximum Gasteiger partial charge on any atom is 0.224 e. The second-order valence-electron chi connectivity index (χ2n) is 4.28. The summed E-state index contributed by atoms with van der Waals surface area (Å²) in [6.45, 7) is 3.13. The molecule has 0 aliphatic carbocycles. The molecule has 1 aromatic heterocycles. The van der Waals surface area contributed by atoms with Gasteiger partial charge in [-0.2, -0.15) is 4.98 Å². The SMILES string of the molecule is CNc1ncc(Cl)c(N2CCC(C)(O)C2)n1. The van der Waals surface area contributed by atoms with Gasteiger partial charge in [0.05, 0.1) is 11.8 Å². The lowest BCUT2D eigenvalue weighted by atomic mass is 10.1. The van der Waals surface area contributed by atoms with Gasteiger partial charge in [0.15, 0.2) is 5.82 Å². The van der Waals surface area contributed by atoms with Gasteiger partial charge in [-0.15, -0.1) is 0 Å². The fraction of sp³-hybridized carbons (Fsp3) is 0.600. The van der Waals surface area contributed by atoms with Crippen LogP contribution in [0.15, 0.2) is 6.20 Å². The Labute approximate surface area is 99.5 Å². The summed E-state index contributed by atoms with van der Waals surface area (Å²) in [5.74, 6) is 1.21. The number of nitrogens with one attached hydrogen (secondary N) is 1. The van der Waals surface area contributed by atoms with Gasteiger partial charge >= 0.3 is 0 Å². The zero-order valence-electron chi connectivity index (χ0n) is 9.37. The van der Waals surface area contributed by atoms with E-state index in [4.69, 9.17) is 11.6 Å². The van der Waals surface area contributed by atoms with Crippen LogP contribution in [0.4, 0.5) is 11.8 Å². The van der Waals surface area contributed by atoms with Crippen LogP contribution in [-0.4, -0.2) is 40.8 Å². The quantitative estimate of drug-likeness (QED) is 0.814. The Kier molecular flexibility index (Phi) is 2.90. The lowest BCUT2D eigenvalue weighted by Gasteiger charge is -2.20. The first-order chi connectivity index (χ1) is 7.52. The molecule has 0 amide bonds. The summed E-state index contributed by atoms with van der Waals surface area (Å²) < 4.78 is 0. The maximum atomic E-state index is 9.90. The minimum absolute atomic E-state index is 0.511. The molecule has 2 N–H and O–H groups in total. The molecule has 1 atom stereocenters. The first-order valence-corrected chi connectivity index (χ1v) is 5.57. The van der Waals surface area contributed by atoms with E-state index in [1.165, 1.54) is 0 Å². The molecule has 88 valence electrons. The van der Waals surface area contributed by atoms with E-state index in [0.717, 1.165) is 13.0 Å². The average molecular weight is 243 g/mol. The monoisotopic (exact) mass is 242 g/mol. The van der Waals surface area contributed by atoms with Crippen LogP contribution in [0, 0.1) is 0 Å². The van der Waals surface area contributed by atoms with Gasteiger partial charge in [-0.25, -0.2) is 4.98 Å². The minimum atomic E-state index is -0.659. The van der Waals surface area contributed by atoms with Crippen molar-refractivity contribution in [2.24, 2.45) is 0 Å². The largest absolute Gasteiger partial charge is 0.388 e. The molecular formula is C10H15ClN4O. The maximum absolute atomic E-state index is 9.90. The number of hydrogen-bond donors (Lipinski definition) is 2. The summed E-state index contributed by atoms with van der Waals surface area (Å²) in [5.41, 5.74) is -0.659. The van der Waals surface area contributed by atoms with E-state index < -0.39 is 5.60 Å². The van der Waals surface area contributed by atoms with Crippen molar-refractivity contribution < 1.29 is 5.11 Å². The Bertz CT molecular complexity index is 396. The molecule has 1 aromatic rings. The number of β-amino-alcohol motifs (C(OH)–C–C–N with tert-alkyl or cyclic N) is 1. The van der Waals surface area contributed by atoms with Crippen molar-refractivity contribution in [3.05, 3.63) is 11.2 Å². The van der Waals surface area contributed by atoms with Gasteiger partial charge in [0, 0.05) is 20.1 Å². The standard InChI is InChI=1S/C10H15ClN4O/c1-10(16)3-4-15(6-10)8-7(11)5-13-9(12-2)14-8/h5,16H,3-4,6H2,1-2H3,(H,12,13,14). The second kappa shape index (κ2) is 4.07. The number of aliphatic hydroxyl groups is 1. The molecule has 2 heterocycles. The Hall–Kier alpha value is -1.07. The van der Waals surface area contributed by atoms with Crippen LogP contribution in [0.2, 0.25) is 5.02 Å². The molecule has 16 heavy (non-hydrogen) atoms. The topological polar surface area (TPSA) is 61.3 Å². The number of hydrogen-bond acceptors (Lipinski definition) is 5. The van der Waals surface area contributed by atoms with Crippen LogP contribution >= 0.6 is 11.6 Å². The molecular weight excluding hydrogens is 228 g/mol. The molecule has 0 spiro atoms. The van der Waals surface area contributed by atoms with E-state index in [9.17, 15) is 5.11 Å². The molecule has 5 nitrogen and oxygen atoms in total. The van der Waals surface area contributed by atoms with Crippen molar-refractivity contribution in [3.63, 3.8) is 0 Å². The Balaban J connectivity index is 2.27. The molecule has 0 aromatic carbocycles. The summed E-state index contributed by atoms with van der Waals surface area (Å²) in [5, 5.41) is 13.3. The number of nitrogens with zero attached hydrogens (tertiary/aromatic N) is 3. The fourth-order valence-electron chi connectivity index (χ4n) is 1.83. The summed E-state index contributed by atoms with van der Waals surface area (Å²) in [7, 11) is 1.76. The number of halogens is 1. The lowest BCUT2D eigenvalue weighted by molar-refractivity contribution is 0.0839. The van der Waals surface area contributed by atoms with Crippen LogP contribution in [0.1, 0.15) is 13.3 Å². The highest BCUT2D eigenvalue weighted by molar-refractivity contribution is 6.32. The molecule has 1 saturated heterocycles. The van der Waals surface area contributed by atoms with Crippen molar-refractivity contribution in [1.29, 1.82) is 0 Å². The van der Waals surface area contributed by atoms with Crippen LogP contribution in [-0.2, 0) is 0 Å². The van der Waals surface area contributed by atoms with Crippen LogP contribution in [0.25, 0.3) is 0 Å². The van der Waals surface area contributed by atoms with Gasteiger partial charge in [0.25, 0.3) is 0 Å². The van der Waals surface area contributed by atoms with E-state index in [2.05, 4.69) is 15.3 Å². The third-order valence-corrected chi connectivity index (χ3v) is 2.97. The van der Waals surface area contributed by atoms with Crippen LogP contribution in [0.3, 0.4) is 0 Å². The van der Waals surface area contributed by atoms with Gasteiger partial charge in [-0.3, -0.25) is 0 Å². The molecule has 1 fully saturated rings. The van der Waals surface area contributed by atoms with E-state index in [1.807, 2.05) is 11.8 Å². The van der Waals surface area contributed by atoms with Crippen molar-refractivity contribution in [2.45, 2.75) is 18.9 Å². The summed E-state index contributed by atoms with van der Waals surface area (Å²) in [6, 6.07) is 0. The van der Waals surface area contributed by atoms with E-state index >= 15 is 0 Å². The normalized spacial score (nSPS) is 24.9. The third kappa shape index (κ3) is 2.20. The zero-order valence-corrected chi connectivity index (χ0v) is 10.1. The Morgan fingerprint density at radius 1 is 1.62 bits per heavy atom. The van der Waals surface area contributed by atoms with E-state index in [1.54, 1.807) is 13.2 Å². The predicted molar refractivity (Wildman–Crippen MR) is 64.0 cm³/mol. The minimum Gasteiger partial charge on any atom is -0.388 e.